The summed E-state index contributed by atoms with van der Waals surface area (Å²) in [6.45, 7) is 3.63. The summed E-state index contributed by atoms with van der Waals surface area (Å²) in [4.78, 5) is 0. The molecule has 0 aliphatic heterocycles. The van der Waals surface area contributed by atoms with Gasteiger partial charge in [0, 0.05) is 0 Å². The van der Waals surface area contributed by atoms with Crippen LogP contribution in [0.4, 0.5) is 19.0 Å². The SMILES string of the molecule is Cc1ccc([C@H](C)Nc2ccc3nnc(C(F)(F)F)n3n2)o1. The monoisotopic (exact) mass is 311 g/mol. The summed E-state index contributed by atoms with van der Waals surface area (Å²) in [5.41, 5.74) is 0.0272. The molecular formula is C13H12F3N5O. The first-order valence-corrected chi connectivity index (χ1v) is 6.47. The number of furan rings is 1. The summed E-state index contributed by atoms with van der Waals surface area (Å²) in [6.07, 6.45) is -4.62. The molecule has 9 heteroatoms. The van der Waals surface area contributed by atoms with E-state index in [4.69, 9.17) is 4.42 Å². The van der Waals surface area contributed by atoms with Gasteiger partial charge in [0.15, 0.2) is 5.65 Å². The zero-order chi connectivity index (χ0) is 15.9. The molecule has 0 saturated carbocycles. The van der Waals surface area contributed by atoms with E-state index in [2.05, 4.69) is 20.6 Å². The fourth-order valence-corrected chi connectivity index (χ4v) is 2.02. The van der Waals surface area contributed by atoms with Gasteiger partial charge in [-0.2, -0.15) is 17.7 Å². The van der Waals surface area contributed by atoms with Crippen molar-refractivity contribution < 1.29 is 17.6 Å². The molecule has 3 heterocycles. The number of aryl methyl sites for hydroxylation is 1. The molecule has 3 rings (SSSR count). The zero-order valence-electron chi connectivity index (χ0n) is 11.7. The largest absolute Gasteiger partial charge is 0.464 e. The van der Waals surface area contributed by atoms with Gasteiger partial charge in [-0.3, -0.25) is 0 Å². The van der Waals surface area contributed by atoms with Crippen LogP contribution in [-0.4, -0.2) is 19.8 Å². The molecule has 0 unspecified atom stereocenters. The minimum Gasteiger partial charge on any atom is -0.464 e. The summed E-state index contributed by atoms with van der Waals surface area (Å²) >= 11 is 0. The standard InChI is InChI=1S/C13H12F3N5O/c1-7-3-4-9(22-7)8(2)17-10-5-6-11-18-19-12(13(14,15)16)21(11)20-10/h3-6,8H,1-2H3,(H,17,20)/t8-/m0/s1. The highest BCUT2D eigenvalue weighted by Gasteiger charge is 2.37. The molecular weight excluding hydrogens is 299 g/mol. The molecule has 1 atom stereocenters. The van der Waals surface area contributed by atoms with Gasteiger partial charge in [-0.25, -0.2) is 0 Å². The number of aromatic nitrogens is 4. The number of hydrogen-bond donors (Lipinski definition) is 1. The second-order valence-electron chi connectivity index (χ2n) is 4.82. The summed E-state index contributed by atoms with van der Waals surface area (Å²) in [7, 11) is 0. The van der Waals surface area contributed by atoms with Crippen LogP contribution in [0.1, 0.15) is 30.3 Å². The maximum atomic E-state index is 12.8. The van der Waals surface area contributed by atoms with Crippen molar-refractivity contribution in [3.8, 4) is 0 Å². The van der Waals surface area contributed by atoms with E-state index in [0.29, 0.717) is 10.3 Å². The molecule has 22 heavy (non-hydrogen) atoms. The van der Waals surface area contributed by atoms with Crippen molar-refractivity contribution in [3.05, 3.63) is 41.6 Å². The molecule has 0 aliphatic carbocycles. The van der Waals surface area contributed by atoms with Gasteiger partial charge in [0.2, 0.25) is 0 Å². The first-order valence-electron chi connectivity index (χ1n) is 6.47. The van der Waals surface area contributed by atoms with Gasteiger partial charge in [0.1, 0.15) is 17.3 Å². The Bertz CT molecular complexity index is 807. The van der Waals surface area contributed by atoms with Crippen molar-refractivity contribution in [1.29, 1.82) is 0 Å². The van der Waals surface area contributed by atoms with Gasteiger partial charge in [-0.15, -0.1) is 15.3 Å². The Kier molecular flexibility index (Phi) is 3.27. The second-order valence-corrected chi connectivity index (χ2v) is 4.82. The van der Waals surface area contributed by atoms with Gasteiger partial charge in [0.25, 0.3) is 5.82 Å². The normalized spacial score (nSPS) is 13.5. The first kappa shape index (κ1) is 14.4. The molecule has 0 bridgehead atoms. The lowest BCUT2D eigenvalue weighted by Gasteiger charge is -2.12. The van der Waals surface area contributed by atoms with Crippen LogP contribution in [0.2, 0.25) is 0 Å². The van der Waals surface area contributed by atoms with Crippen LogP contribution in [0, 0.1) is 6.92 Å². The highest BCUT2D eigenvalue weighted by molar-refractivity contribution is 5.45. The van der Waals surface area contributed by atoms with Gasteiger partial charge < -0.3 is 9.73 Å². The molecule has 0 aliphatic rings. The fourth-order valence-electron chi connectivity index (χ4n) is 2.02. The molecule has 1 N–H and O–H groups in total. The van der Waals surface area contributed by atoms with E-state index in [-0.39, 0.29) is 17.5 Å². The smallest absolute Gasteiger partial charge is 0.453 e. The number of fused-ring (bicyclic) bond motifs is 1. The molecule has 3 aromatic heterocycles. The van der Waals surface area contributed by atoms with Crippen molar-refractivity contribution in [2.45, 2.75) is 26.1 Å². The number of rotatable bonds is 3. The van der Waals surface area contributed by atoms with Crippen molar-refractivity contribution in [2.75, 3.05) is 5.32 Å². The highest BCUT2D eigenvalue weighted by Crippen LogP contribution is 2.28. The third-order valence-corrected chi connectivity index (χ3v) is 3.07. The minimum absolute atomic E-state index is 0.0272. The Balaban J connectivity index is 1.91. The number of nitrogens with one attached hydrogen (secondary N) is 1. The molecule has 0 amide bonds. The predicted molar refractivity (Wildman–Crippen MR) is 71.3 cm³/mol. The summed E-state index contributed by atoms with van der Waals surface area (Å²) in [6, 6.07) is 6.31. The molecule has 116 valence electrons. The van der Waals surface area contributed by atoms with Crippen LogP contribution in [0.5, 0.6) is 0 Å². The molecule has 0 fully saturated rings. The van der Waals surface area contributed by atoms with Gasteiger partial charge in [-0.1, -0.05) is 0 Å². The second kappa shape index (κ2) is 5.00. The van der Waals surface area contributed by atoms with E-state index in [1.54, 1.807) is 6.07 Å². The quantitative estimate of drug-likeness (QED) is 0.804. The zero-order valence-corrected chi connectivity index (χ0v) is 11.7. The third-order valence-electron chi connectivity index (χ3n) is 3.07. The Hall–Kier alpha value is -2.58. The van der Waals surface area contributed by atoms with Crippen molar-refractivity contribution >= 4 is 11.5 Å². The topological polar surface area (TPSA) is 68.2 Å². The Morgan fingerprint density at radius 3 is 2.59 bits per heavy atom. The fraction of sp³-hybridized carbons (Fsp3) is 0.308. The lowest BCUT2D eigenvalue weighted by Crippen LogP contribution is -2.14. The molecule has 0 aromatic carbocycles. The number of nitrogens with zero attached hydrogens (tertiary/aromatic N) is 4. The van der Waals surface area contributed by atoms with E-state index in [9.17, 15) is 13.2 Å². The van der Waals surface area contributed by atoms with E-state index in [0.717, 1.165) is 5.76 Å². The van der Waals surface area contributed by atoms with E-state index in [1.807, 2.05) is 19.9 Å². The average molecular weight is 311 g/mol. The maximum Gasteiger partial charge on any atom is 0.453 e. The summed E-state index contributed by atoms with van der Waals surface area (Å²) in [5.74, 6) is 0.524. The van der Waals surface area contributed by atoms with Crippen molar-refractivity contribution in [3.63, 3.8) is 0 Å². The van der Waals surface area contributed by atoms with E-state index < -0.39 is 12.0 Å². The van der Waals surface area contributed by atoms with E-state index >= 15 is 0 Å². The summed E-state index contributed by atoms with van der Waals surface area (Å²) in [5, 5.41) is 13.5. The first-order chi connectivity index (χ1) is 10.3. The summed E-state index contributed by atoms with van der Waals surface area (Å²) < 4.78 is 44.6. The van der Waals surface area contributed by atoms with Crippen LogP contribution in [0.3, 0.4) is 0 Å². The highest BCUT2D eigenvalue weighted by atomic mass is 19.4. The third kappa shape index (κ3) is 2.61. The van der Waals surface area contributed by atoms with Crippen LogP contribution in [-0.2, 0) is 6.18 Å². The average Bonchev–Trinajstić information content (AvgIpc) is 3.03. The molecule has 6 nitrogen and oxygen atoms in total. The predicted octanol–water partition coefficient (Wildman–Crippen LogP) is 3.22. The molecule has 0 radical (unpaired) electrons. The van der Waals surface area contributed by atoms with Crippen LogP contribution in [0.15, 0.2) is 28.7 Å². The number of anilines is 1. The molecule has 3 aromatic rings. The maximum absolute atomic E-state index is 12.8. The molecule has 0 saturated heterocycles. The van der Waals surface area contributed by atoms with Crippen LogP contribution >= 0.6 is 0 Å². The minimum atomic E-state index is -4.62. The molecule has 0 spiro atoms. The lowest BCUT2D eigenvalue weighted by atomic mass is 10.2. The number of halogens is 3. The Morgan fingerprint density at radius 1 is 1.18 bits per heavy atom. The van der Waals surface area contributed by atoms with Gasteiger partial charge >= 0.3 is 6.18 Å². The van der Waals surface area contributed by atoms with Crippen molar-refractivity contribution in [2.24, 2.45) is 0 Å². The van der Waals surface area contributed by atoms with Gasteiger partial charge in [0.05, 0.1) is 6.04 Å². The number of alkyl halides is 3. The van der Waals surface area contributed by atoms with Crippen molar-refractivity contribution in [1.82, 2.24) is 19.8 Å². The Labute approximate surface area is 123 Å². The lowest BCUT2D eigenvalue weighted by molar-refractivity contribution is -0.146. The number of hydrogen-bond acceptors (Lipinski definition) is 5. The Morgan fingerprint density at radius 2 is 1.95 bits per heavy atom. The van der Waals surface area contributed by atoms with Crippen LogP contribution < -0.4 is 5.32 Å². The van der Waals surface area contributed by atoms with Gasteiger partial charge in [-0.05, 0) is 38.1 Å². The van der Waals surface area contributed by atoms with E-state index in [1.165, 1.54) is 12.1 Å². The van der Waals surface area contributed by atoms with Crippen LogP contribution in [0.25, 0.3) is 5.65 Å².